The third-order valence-electron chi connectivity index (χ3n) is 4.08. The molecule has 0 unspecified atom stereocenters. The first-order valence-corrected chi connectivity index (χ1v) is 9.01. The van der Waals surface area contributed by atoms with Gasteiger partial charge in [0.05, 0.1) is 17.6 Å². The highest BCUT2D eigenvalue weighted by Crippen LogP contribution is 2.23. The van der Waals surface area contributed by atoms with E-state index >= 15 is 0 Å². The summed E-state index contributed by atoms with van der Waals surface area (Å²) in [6, 6.07) is 4.89. The van der Waals surface area contributed by atoms with E-state index in [4.69, 9.17) is 16.4 Å². The highest BCUT2D eigenvalue weighted by atomic mass is 16.5. The molecule has 2 rings (SSSR count). The highest BCUT2D eigenvalue weighted by Gasteiger charge is 2.19. The lowest BCUT2D eigenvalue weighted by Crippen LogP contribution is -2.49. The van der Waals surface area contributed by atoms with Gasteiger partial charge in [-0.1, -0.05) is 19.1 Å². The Labute approximate surface area is 169 Å². The molecule has 4 N–H and O–H groups in total. The quantitative estimate of drug-likeness (QED) is 0.252. The van der Waals surface area contributed by atoms with Crippen molar-refractivity contribution >= 4 is 23.3 Å². The molecule has 0 spiro atoms. The fourth-order valence-corrected chi connectivity index (χ4v) is 2.40. The molecule has 0 aliphatic carbocycles. The number of urea groups is 1. The summed E-state index contributed by atoms with van der Waals surface area (Å²) in [5.41, 5.74) is 3.42. The summed E-state index contributed by atoms with van der Waals surface area (Å²) in [5, 5.41) is 10.3. The van der Waals surface area contributed by atoms with E-state index in [1.807, 2.05) is 19.9 Å². The number of aryl methyl sites for hydroxylation is 1. The van der Waals surface area contributed by atoms with Gasteiger partial charge in [-0.3, -0.25) is 15.0 Å². The molecule has 0 fully saturated rings. The van der Waals surface area contributed by atoms with Crippen molar-refractivity contribution in [3.8, 4) is 0 Å². The Morgan fingerprint density at radius 3 is 2.62 bits per heavy atom. The van der Waals surface area contributed by atoms with E-state index in [-0.39, 0.29) is 6.61 Å². The zero-order valence-corrected chi connectivity index (χ0v) is 17.0. The van der Waals surface area contributed by atoms with Gasteiger partial charge < -0.3 is 4.74 Å². The van der Waals surface area contributed by atoms with Gasteiger partial charge in [-0.25, -0.2) is 21.5 Å². The van der Waals surface area contributed by atoms with E-state index in [0.29, 0.717) is 29.4 Å². The average Bonchev–Trinajstić information content (AvgIpc) is 2.73. The van der Waals surface area contributed by atoms with Crippen molar-refractivity contribution in [2.24, 2.45) is 21.9 Å². The molecule has 0 bridgehead atoms. The number of aromatic nitrogens is 2. The van der Waals surface area contributed by atoms with E-state index in [0.717, 1.165) is 21.1 Å². The number of rotatable bonds is 6. The van der Waals surface area contributed by atoms with Crippen molar-refractivity contribution in [3.63, 3.8) is 0 Å². The van der Waals surface area contributed by atoms with E-state index in [1.54, 1.807) is 37.6 Å². The topological polar surface area (TPSA) is 135 Å². The van der Waals surface area contributed by atoms with Gasteiger partial charge in [-0.2, -0.15) is 5.10 Å². The Morgan fingerprint density at radius 1 is 1.24 bits per heavy atom. The molecule has 1 aromatic carbocycles. The van der Waals surface area contributed by atoms with Crippen LogP contribution in [0.25, 0.3) is 0 Å². The zero-order chi connectivity index (χ0) is 21.4. The lowest BCUT2D eigenvalue weighted by molar-refractivity contribution is 0.216. The van der Waals surface area contributed by atoms with Crippen molar-refractivity contribution in [2.45, 2.75) is 33.8 Å². The molecule has 0 saturated carbocycles. The van der Waals surface area contributed by atoms with Crippen LogP contribution in [0, 0.1) is 6.92 Å². The van der Waals surface area contributed by atoms with Crippen LogP contribution in [-0.4, -0.2) is 39.7 Å². The molecule has 2 amide bonds. The van der Waals surface area contributed by atoms with Crippen LogP contribution in [0.2, 0.25) is 0 Å². The number of nitrogens with two attached hydrogens (primary N) is 2. The molecule has 2 aromatic rings. The summed E-state index contributed by atoms with van der Waals surface area (Å²) in [7, 11) is 1.42. The molecule has 0 saturated heterocycles. The molecular formula is C19H26N8O2. The molecule has 0 aliphatic heterocycles. The van der Waals surface area contributed by atoms with E-state index < -0.39 is 6.03 Å². The lowest BCUT2D eigenvalue weighted by Gasteiger charge is -2.24. The van der Waals surface area contributed by atoms with Gasteiger partial charge in [0.25, 0.3) is 0 Å². The van der Waals surface area contributed by atoms with Crippen molar-refractivity contribution in [1.82, 2.24) is 15.0 Å². The fourth-order valence-electron chi connectivity index (χ4n) is 2.40. The second kappa shape index (κ2) is 10.2. The Bertz CT molecular complexity index is 896. The van der Waals surface area contributed by atoms with Crippen LogP contribution in [0.3, 0.4) is 0 Å². The SMILES string of the molecule is CCC(=NN=C(C)c1cnccn1)OCc1c(C)cccc1N(N)C(=O)N(C)N. The number of ether oxygens (including phenoxy) is 1. The molecule has 10 heteroatoms. The van der Waals surface area contributed by atoms with Crippen LogP contribution in [0.15, 0.2) is 47.0 Å². The average molecular weight is 398 g/mol. The standard InChI is InChI=1S/C19H26N8O2/c1-5-18(25-24-14(3)16-11-22-9-10-23-16)29-12-15-13(2)7-6-8-17(15)27(21)19(28)26(4)20/h6-11H,5,12,20-21H2,1-4H3. The minimum Gasteiger partial charge on any atom is -0.475 e. The predicted molar refractivity (Wildman–Crippen MR) is 112 cm³/mol. The van der Waals surface area contributed by atoms with E-state index in [1.165, 1.54) is 7.05 Å². The number of benzene rings is 1. The van der Waals surface area contributed by atoms with Gasteiger partial charge in [-0.15, -0.1) is 5.10 Å². The second-order valence-corrected chi connectivity index (χ2v) is 6.25. The van der Waals surface area contributed by atoms with Crippen molar-refractivity contribution in [3.05, 3.63) is 53.6 Å². The van der Waals surface area contributed by atoms with Gasteiger partial charge in [0, 0.05) is 31.4 Å². The maximum Gasteiger partial charge on any atom is 0.352 e. The molecule has 1 heterocycles. The highest BCUT2D eigenvalue weighted by molar-refractivity contribution is 5.97. The third-order valence-corrected chi connectivity index (χ3v) is 4.08. The number of nitrogens with zero attached hydrogens (tertiary/aromatic N) is 6. The maximum atomic E-state index is 12.1. The summed E-state index contributed by atoms with van der Waals surface area (Å²) < 4.78 is 5.84. The summed E-state index contributed by atoms with van der Waals surface area (Å²) in [6.45, 7) is 5.78. The minimum absolute atomic E-state index is 0.170. The van der Waals surface area contributed by atoms with E-state index in [2.05, 4.69) is 20.2 Å². The van der Waals surface area contributed by atoms with Crippen molar-refractivity contribution in [2.75, 3.05) is 12.1 Å². The van der Waals surface area contributed by atoms with Gasteiger partial charge in [0.2, 0.25) is 5.90 Å². The number of carbonyl (C=O) groups excluding carboxylic acids is 1. The van der Waals surface area contributed by atoms with Crippen molar-refractivity contribution < 1.29 is 9.53 Å². The summed E-state index contributed by atoms with van der Waals surface area (Å²) in [4.78, 5) is 20.3. The molecule has 154 valence electrons. The Hall–Kier alpha value is -3.37. The van der Waals surface area contributed by atoms with Crippen LogP contribution in [0.4, 0.5) is 10.5 Å². The summed E-state index contributed by atoms with van der Waals surface area (Å²) in [5.74, 6) is 11.9. The number of hydrogen-bond acceptors (Lipinski definition) is 8. The van der Waals surface area contributed by atoms with Crippen LogP contribution >= 0.6 is 0 Å². The Kier molecular flexibility index (Phi) is 7.75. The third kappa shape index (κ3) is 5.80. The molecular weight excluding hydrogens is 372 g/mol. The summed E-state index contributed by atoms with van der Waals surface area (Å²) >= 11 is 0. The van der Waals surface area contributed by atoms with Crippen molar-refractivity contribution in [1.29, 1.82) is 0 Å². The van der Waals surface area contributed by atoms with Crippen LogP contribution in [0.5, 0.6) is 0 Å². The molecule has 0 radical (unpaired) electrons. The second-order valence-electron chi connectivity index (χ2n) is 6.25. The largest absolute Gasteiger partial charge is 0.475 e. The van der Waals surface area contributed by atoms with Gasteiger partial charge in [0.15, 0.2) is 0 Å². The molecule has 0 aliphatic rings. The number of hydrogen-bond donors (Lipinski definition) is 2. The first-order chi connectivity index (χ1) is 13.8. The zero-order valence-electron chi connectivity index (χ0n) is 17.0. The first kappa shape index (κ1) is 21.9. The lowest BCUT2D eigenvalue weighted by atomic mass is 10.1. The van der Waals surface area contributed by atoms with E-state index in [9.17, 15) is 4.79 Å². The summed E-state index contributed by atoms with van der Waals surface area (Å²) in [6.07, 6.45) is 5.33. The number of anilines is 1. The number of carbonyl (C=O) groups is 1. The van der Waals surface area contributed by atoms with Crippen LogP contribution in [0.1, 0.15) is 37.1 Å². The monoisotopic (exact) mass is 398 g/mol. The normalized spacial score (nSPS) is 11.9. The fraction of sp³-hybridized carbons (Fsp3) is 0.316. The number of hydrazine groups is 2. The maximum absolute atomic E-state index is 12.1. The molecule has 29 heavy (non-hydrogen) atoms. The smallest absolute Gasteiger partial charge is 0.352 e. The predicted octanol–water partition coefficient (Wildman–Crippen LogP) is 2.14. The molecule has 10 nitrogen and oxygen atoms in total. The molecule has 1 aromatic heterocycles. The van der Waals surface area contributed by atoms with Crippen LogP contribution in [-0.2, 0) is 11.3 Å². The Balaban J connectivity index is 2.20. The van der Waals surface area contributed by atoms with Gasteiger partial charge in [-0.05, 0) is 25.5 Å². The van der Waals surface area contributed by atoms with Crippen LogP contribution < -0.4 is 16.7 Å². The van der Waals surface area contributed by atoms with Gasteiger partial charge >= 0.3 is 6.03 Å². The Morgan fingerprint density at radius 2 is 2.00 bits per heavy atom. The minimum atomic E-state index is -0.551. The van der Waals surface area contributed by atoms with Gasteiger partial charge in [0.1, 0.15) is 12.3 Å². The first-order valence-electron chi connectivity index (χ1n) is 9.01. The molecule has 0 atom stereocenters. The number of amides is 2.